The molecule has 2 bridgehead atoms. The average Bonchev–Trinajstić information content (AvgIpc) is 2.64. The Bertz CT molecular complexity index is 560. The topological polar surface area (TPSA) is 83.8 Å². The van der Waals surface area contributed by atoms with Crippen molar-refractivity contribution in [2.45, 2.75) is 0 Å². The number of phosphoric acid groups is 1. The van der Waals surface area contributed by atoms with E-state index in [1.54, 1.807) is 0 Å². The van der Waals surface area contributed by atoms with E-state index in [1.165, 1.54) is 0 Å². The van der Waals surface area contributed by atoms with Crippen LogP contribution >= 0.6 is 7.82 Å². The van der Waals surface area contributed by atoms with Crippen LogP contribution in [0.1, 0.15) is 0 Å². The molecule has 7 nitrogen and oxygen atoms in total. The molecular formula is C6H2NO6P. The second-order valence-electron chi connectivity index (χ2n) is 2.69. The highest BCUT2D eigenvalue weighted by Crippen LogP contribution is 2.67. The van der Waals surface area contributed by atoms with Crippen LogP contribution < -0.4 is 19.1 Å². The molecule has 0 spiro atoms. The summed E-state index contributed by atoms with van der Waals surface area (Å²) >= 11 is 0. The van der Waals surface area contributed by atoms with Crippen molar-refractivity contribution in [1.82, 2.24) is 4.57 Å². The lowest BCUT2D eigenvalue weighted by Gasteiger charge is -2.09. The molecule has 0 amide bonds. The smallest absolute Gasteiger partial charge is 0.380 e. The molecule has 0 saturated heterocycles. The lowest BCUT2D eigenvalue weighted by Crippen LogP contribution is -2.21. The van der Waals surface area contributed by atoms with Gasteiger partial charge in [0.2, 0.25) is 17.9 Å². The number of hydrogen-bond acceptors (Lipinski definition) is 6. The van der Waals surface area contributed by atoms with Gasteiger partial charge in [-0.3, -0.25) is 9.59 Å². The summed E-state index contributed by atoms with van der Waals surface area (Å²) in [5, 5.41) is 0. The van der Waals surface area contributed by atoms with Crippen molar-refractivity contribution in [3.63, 3.8) is 0 Å². The molecule has 2 aliphatic heterocycles. The van der Waals surface area contributed by atoms with E-state index >= 15 is 0 Å². The van der Waals surface area contributed by atoms with Crippen LogP contribution in [0.5, 0.6) is 17.2 Å². The molecule has 3 heterocycles. The molecule has 72 valence electrons. The minimum Gasteiger partial charge on any atom is -0.380 e. The van der Waals surface area contributed by atoms with Crippen LogP contribution in [0.25, 0.3) is 0 Å². The predicted molar refractivity (Wildman–Crippen MR) is 42.3 cm³/mol. The fraction of sp³-hybridized carbons (Fsp3) is 0. The number of fused-ring (bicyclic) bond motifs is 1. The van der Waals surface area contributed by atoms with Gasteiger partial charge < -0.3 is 13.6 Å². The van der Waals surface area contributed by atoms with E-state index in [4.69, 9.17) is 9.05 Å². The van der Waals surface area contributed by atoms with Gasteiger partial charge >= 0.3 is 13.4 Å². The molecule has 1 aromatic heterocycles. The van der Waals surface area contributed by atoms with Gasteiger partial charge in [-0.2, -0.15) is 4.57 Å². The van der Waals surface area contributed by atoms with E-state index < -0.39 is 13.4 Å². The lowest BCUT2D eigenvalue weighted by atomic mass is 10.4. The summed E-state index contributed by atoms with van der Waals surface area (Å²) in [6, 6.07) is 0. The van der Waals surface area contributed by atoms with Crippen molar-refractivity contribution in [2.24, 2.45) is 0 Å². The summed E-state index contributed by atoms with van der Waals surface area (Å²) in [7, 11) is -3.63. The van der Waals surface area contributed by atoms with E-state index in [0.29, 0.717) is 6.41 Å². The highest BCUT2D eigenvalue weighted by atomic mass is 31.2. The van der Waals surface area contributed by atoms with Crippen molar-refractivity contribution in [3.05, 3.63) is 16.6 Å². The first-order chi connectivity index (χ1) is 6.63. The molecule has 1 atom stereocenters. The zero-order valence-corrected chi connectivity index (χ0v) is 7.39. The van der Waals surface area contributed by atoms with E-state index in [9.17, 15) is 14.2 Å². The normalized spacial score (nSPS) is 25.1. The molecular weight excluding hydrogens is 213 g/mol. The maximum atomic E-state index is 11.4. The Morgan fingerprint density at radius 1 is 1.29 bits per heavy atom. The van der Waals surface area contributed by atoms with Gasteiger partial charge in [0.25, 0.3) is 0 Å². The number of nitrogens with zero attached hydrogens (tertiary/aromatic N) is 1. The zero-order chi connectivity index (χ0) is 9.92. The number of carbonyl (C=O) groups is 1. The Morgan fingerprint density at radius 3 is 2.64 bits per heavy atom. The van der Waals surface area contributed by atoms with E-state index in [1.807, 2.05) is 0 Å². The predicted octanol–water partition coefficient (Wildman–Crippen LogP) is 0.158. The van der Waals surface area contributed by atoms with E-state index in [2.05, 4.69) is 4.52 Å². The lowest BCUT2D eigenvalue weighted by molar-refractivity contribution is 0.350. The second-order valence-corrected chi connectivity index (χ2v) is 4.13. The highest BCUT2D eigenvalue weighted by Gasteiger charge is 2.52. The third kappa shape index (κ3) is 0.706. The number of hydrogen-bond donors (Lipinski definition) is 0. The zero-order valence-electron chi connectivity index (χ0n) is 6.50. The number of pyridine rings is 1. The quantitative estimate of drug-likeness (QED) is 0.490. The average molecular weight is 215 g/mol. The van der Waals surface area contributed by atoms with Gasteiger partial charge in [0.05, 0.1) is 6.20 Å². The van der Waals surface area contributed by atoms with Gasteiger partial charge in [-0.05, 0) is 0 Å². The summed E-state index contributed by atoms with van der Waals surface area (Å²) in [6.07, 6.45) is 1.41. The van der Waals surface area contributed by atoms with Crippen LogP contribution in [0.15, 0.2) is 11.0 Å². The molecule has 0 N–H and O–H groups in total. The number of phosphoric ester groups is 1. The van der Waals surface area contributed by atoms with Crippen LogP contribution in [-0.2, 0) is 9.36 Å². The Labute approximate surface area is 76.4 Å². The summed E-state index contributed by atoms with van der Waals surface area (Å²) in [6.45, 7) is 0. The van der Waals surface area contributed by atoms with Crippen molar-refractivity contribution in [3.8, 4) is 17.2 Å². The third-order valence-corrected chi connectivity index (χ3v) is 3.08. The largest absolute Gasteiger partial charge is 0.647 e. The highest BCUT2D eigenvalue weighted by molar-refractivity contribution is 7.50. The van der Waals surface area contributed by atoms with Crippen LogP contribution in [0.2, 0.25) is 0 Å². The maximum absolute atomic E-state index is 11.4. The summed E-state index contributed by atoms with van der Waals surface area (Å²) < 4.78 is 26.3. The van der Waals surface area contributed by atoms with Crippen molar-refractivity contribution >= 4 is 14.2 Å². The van der Waals surface area contributed by atoms with Gasteiger partial charge in [0.1, 0.15) is 0 Å². The summed E-state index contributed by atoms with van der Waals surface area (Å²) in [4.78, 5) is 21.8. The molecule has 2 aliphatic rings. The first-order valence-electron chi connectivity index (χ1n) is 3.56. The van der Waals surface area contributed by atoms with Crippen LogP contribution in [0.4, 0.5) is 0 Å². The fourth-order valence-corrected chi connectivity index (χ4v) is 2.54. The van der Waals surface area contributed by atoms with Gasteiger partial charge in [-0.15, -0.1) is 0 Å². The Morgan fingerprint density at radius 2 is 2.00 bits per heavy atom. The van der Waals surface area contributed by atoms with Crippen LogP contribution in [0, 0.1) is 0 Å². The monoisotopic (exact) mass is 215 g/mol. The van der Waals surface area contributed by atoms with Gasteiger partial charge in [0.15, 0.2) is 5.75 Å². The summed E-state index contributed by atoms with van der Waals surface area (Å²) in [5.41, 5.74) is -0.709. The van der Waals surface area contributed by atoms with Crippen LogP contribution in [-0.4, -0.2) is 11.0 Å². The molecule has 0 fully saturated rings. The van der Waals surface area contributed by atoms with E-state index in [0.717, 1.165) is 10.8 Å². The van der Waals surface area contributed by atoms with E-state index in [-0.39, 0.29) is 17.2 Å². The molecule has 0 radical (unpaired) electrons. The number of rotatable bonds is 1. The molecule has 0 aliphatic carbocycles. The molecule has 1 unspecified atom stereocenters. The minimum absolute atomic E-state index is 0.0106. The third-order valence-electron chi connectivity index (χ3n) is 1.85. The Balaban J connectivity index is 2.42. The van der Waals surface area contributed by atoms with Gasteiger partial charge in [0, 0.05) is 0 Å². The maximum Gasteiger partial charge on any atom is 0.647 e. The van der Waals surface area contributed by atoms with Crippen molar-refractivity contribution in [1.29, 1.82) is 0 Å². The Kier molecular flexibility index (Phi) is 1.10. The molecule has 3 rings (SSSR count). The van der Waals surface area contributed by atoms with Crippen molar-refractivity contribution in [2.75, 3.05) is 0 Å². The molecule has 8 heteroatoms. The fourth-order valence-electron chi connectivity index (χ4n) is 1.28. The first kappa shape index (κ1) is 7.64. The second kappa shape index (κ2) is 2.01. The molecule has 1 aromatic rings. The Hall–Kier alpha value is -1.75. The molecule has 14 heavy (non-hydrogen) atoms. The number of aromatic nitrogens is 1. The first-order valence-corrected chi connectivity index (χ1v) is 5.02. The molecule has 0 saturated carbocycles. The minimum atomic E-state index is -3.63. The van der Waals surface area contributed by atoms with Gasteiger partial charge in [-0.25, -0.2) is 4.57 Å². The van der Waals surface area contributed by atoms with Gasteiger partial charge in [-0.1, -0.05) is 0 Å². The SMILES string of the molecule is O=Cn1cc2c3c(c1=O)OP(=O)(O2)O3. The molecule has 0 aromatic carbocycles. The standard InChI is InChI=1S/C6H2NO6P/c8-2-7-1-3-4-5(6(7)9)13-14(10,11-3)12-4/h1-2H. The number of carbonyl (C=O) groups excluding carboxylic acids is 1. The van der Waals surface area contributed by atoms with Crippen molar-refractivity contribution < 1.29 is 22.9 Å². The van der Waals surface area contributed by atoms with Crippen LogP contribution in [0.3, 0.4) is 0 Å². The summed E-state index contributed by atoms with van der Waals surface area (Å²) in [5.74, 6) is -0.137.